The highest BCUT2D eigenvalue weighted by molar-refractivity contribution is 6.42. The standard InChI is InChI=1S/C24H19Cl2FN2O3/c1-2-32-24(31)19(14-29-13-17-4-3-5-20(25)22(17)26)23(30)18-7-6-16(12-21(18)27)15-8-10-28-11-9-15/h3-12,14,30H,2,13H2,1H3/b23-19+,29-14?. The monoisotopic (exact) mass is 472 g/mol. The molecule has 1 aromatic heterocycles. The maximum absolute atomic E-state index is 14.8. The Kier molecular flexibility index (Phi) is 7.98. The number of aliphatic hydroxyl groups is 1. The summed E-state index contributed by atoms with van der Waals surface area (Å²) in [6, 6.07) is 12.9. The summed E-state index contributed by atoms with van der Waals surface area (Å²) >= 11 is 12.2. The topological polar surface area (TPSA) is 71.8 Å². The first-order valence-electron chi connectivity index (χ1n) is 9.65. The van der Waals surface area contributed by atoms with E-state index in [2.05, 4.69) is 9.98 Å². The van der Waals surface area contributed by atoms with Crippen molar-refractivity contribution in [2.75, 3.05) is 6.61 Å². The lowest BCUT2D eigenvalue weighted by Gasteiger charge is -2.10. The van der Waals surface area contributed by atoms with Crippen LogP contribution in [0.1, 0.15) is 18.1 Å². The van der Waals surface area contributed by atoms with Crippen LogP contribution in [0.5, 0.6) is 0 Å². The first kappa shape index (κ1) is 23.4. The van der Waals surface area contributed by atoms with Gasteiger partial charge in [0.15, 0.2) is 0 Å². The van der Waals surface area contributed by atoms with E-state index in [9.17, 15) is 14.3 Å². The molecule has 164 valence electrons. The summed E-state index contributed by atoms with van der Waals surface area (Å²) in [5, 5.41) is 11.4. The summed E-state index contributed by atoms with van der Waals surface area (Å²) in [7, 11) is 0. The molecule has 0 aliphatic rings. The Bertz CT molecular complexity index is 1180. The summed E-state index contributed by atoms with van der Waals surface area (Å²) in [5.41, 5.74) is 1.56. The molecule has 3 aromatic rings. The number of aliphatic hydroxyl groups excluding tert-OH is 1. The van der Waals surface area contributed by atoms with E-state index in [1.165, 1.54) is 12.1 Å². The lowest BCUT2D eigenvalue weighted by molar-refractivity contribution is -0.137. The molecule has 0 bridgehead atoms. The Balaban J connectivity index is 1.95. The predicted octanol–water partition coefficient (Wildman–Crippen LogP) is 6.30. The Hall–Kier alpha value is -3.22. The number of esters is 1. The maximum Gasteiger partial charge on any atom is 0.343 e. The fourth-order valence-corrected chi connectivity index (χ4v) is 3.28. The van der Waals surface area contributed by atoms with E-state index in [0.29, 0.717) is 21.2 Å². The van der Waals surface area contributed by atoms with Crippen molar-refractivity contribution < 1.29 is 19.0 Å². The number of benzene rings is 2. The van der Waals surface area contributed by atoms with Gasteiger partial charge in [-0.25, -0.2) is 9.18 Å². The van der Waals surface area contributed by atoms with Gasteiger partial charge < -0.3 is 9.84 Å². The predicted molar refractivity (Wildman–Crippen MR) is 124 cm³/mol. The molecule has 5 nitrogen and oxygen atoms in total. The van der Waals surface area contributed by atoms with Gasteiger partial charge >= 0.3 is 5.97 Å². The molecule has 2 aromatic carbocycles. The number of halogens is 3. The highest BCUT2D eigenvalue weighted by Crippen LogP contribution is 2.27. The molecule has 1 heterocycles. The summed E-state index contributed by atoms with van der Waals surface area (Å²) in [5.74, 6) is -2.11. The van der Waals surface area contributed by atoms with E-state index < -0.39 is 17.5 Å². The molecular formula is C24H19Cl2FN2O3. The number of hydrogen-bond donors (Lipinski definition) is 1. The highest BCUT2D eigenvalue weighted by Gasteiger charge is 2.19. The third-order valence-electron chi connectivity index (χ3n) is 4.50. The van der Waals surface area contributed by atoms with Gasteiger partial charge in [-0.3, -0.25) is 9.98 Å². The molecule has 0 unspecified atom stereocenters. The van der Waals surface area contributed by atoms with Gasteiger partial charge in [0, 0.05) is 18.6 Å². The van der Waals surface area contributed by atoms with Crippen LogP contribution >= 0.6 is 23.2 Å². The number of aliphatic imine (C=N–C) groups is 1. The van der Waals surface area contributed by atoms with Gasteiger partial charge in [0.05, 0.1) is 28.8 Å². The van der Waals surface area contributed by atoms with Gasteiger partial charge in [0.2, 0.25) is 0 Å². The van der Waals surface area contributed by atoms with Crippen molar-refractivity contribution in [3.05, 3.63) is 93.5 Å². The van der Waals surface area contributed by atoms with Crippen molar-refractivity contribution in [1.82, 2.24) is 4.98 Å². The van der Waals surface area contributed by atoms with E-state index in [1.807, 2.05) is 0 Å². The van der Waals surface area contributed by atoms with Gasteiger partial charge in [-0.1, -0.05) is 41.4 Å². The fourth-order valence-electron chi connectivity index (χ4n) is 2.90. The Morgan fingerprint density at radius 3 is 2.59 bits per heavy atom. The number of pyridine rings is 1. The molecule has 0 aliphatic heterocycles. The summed E-state index contributed by atoms with van der Waals surface area (Å²) < 4.78 is 19.8. The van der Waals surface area contributed by atoms with Crippen LogP contribution < -0.4 is 0 Å². The minimum Gasteiger partial charge on any atom is -0.506 e. The molecule has 0 radical (unpaired) electrons. The van der Waals surface area contributed by atoms with Gasteiger partial charge in [0.1, 0.15) is 17.1 Å². The quantitative estimate of drug-likeness (QED) is 0.189. The molecule has 0 spiro atoms. The summed E-state index contributed by atoms with van der Waals surface area (Å²) in [4.78, 5) is 20.5. The van der Waals surface area contributed by atoms with E-state index in [4.69, 9.17) is 27.9 Å². The number of carbonyl (C=O) groups excluding carboxylic acids is 1. The van der Waals surface area contributed by atoms with Crippen molar-refractivity contribution in [1.29, 1.82) is 0 Å². The van der Waals surface area contributed by atoms with Crippen LogP contribution in [0.2, 0.25) is 10.0 Å². The Morgan fingerprint density at radius 1 is 1.16 bits per heavy atom. The zero-order valence-electron chi connectivity index (χ0n) is 17.1. The molecule has 0 atom stereocenters. The van der Waals surface area contributed by atoms with Crippen LogP contribution in [0, 0.1) is 5.82 Å². The number of rotatable bonds is 7. The summed E-state index contributed by atoms with van der Waals surface area (Å²) in [6.45, 7) is 1.80. The van der Waals surface area contributed by atoms with Gasteiger partial charge in [-0.15, -0.1) is 0 Å². The maximum atomic E-state index is 14.8. The largest absolute Gasteiger partial charge is 0.506 e. The molecule has 0 fully saturated rings. The van der Waals surface area contributed by atoms with Gasteiger partial charge in [-0.2, -0.15) is 0 Å². The van der Waals surface area contributed by atoms with Crippen molar-refractivity contribution in [2.24, 2.45) is 4.99 Å². The SMILES string of the molecule is CCOC(=O)/C(C=NCc1cccc(Cl)c1Cl)=C(/O)c1ccc(-c2ccncc2)cc1F. The van der Waals surface area contributed by atoms with Crippen LogP contribution in [-0.4, -0.2) is 28.9 Å². The lowest BCUT2D eigenvalue weighted by atomic mass is 10.0. The van der Waals surface area contributed by atoms with Crippen LogP contribution in [-0.2, 0) is 16.1 Å². The second-order valence-corrected chi connectivity index (χ2v) is 7.38. The molecule has 0 saturated heterocycles. The van der Waals surface area contributed by atoms with E-state index in [0.717, 1.165) is 11.8 Å². The minimum atomic E-state index is -0.830. The number of carbonyl (C=O) groups is 1. The van der Waals surface area contributed by atoms with Crippen LogP contribution in [0.3, 0.4) is 0 Å². The number of aromatic nitrogens is 1. The van der Waals surface area contributed by atoms with E-state index >= 15 is 0 Å². The first-order chi connectivity index (χ1) is 15.4. The molecule has 0 amide bonds. The van der Waals surface area contributed by atoms with E-state index in [1.54, 1.807) is 55.7 Å². The first-order valence-corrected chi connectivity index (χ1v) is 10.4. The van der Waals surface area contributed by atoms with Crippen molar-refractivity contribution in [3.8, 4) is 11.1 Å². The summed E-state index contributed by atoms with van der Waals surface area (Å²) in [6.07, 6.45) is 4.33. The zero-order valence-corrected chi connectivity index (χ0v) is 18.6. The third kappa shape index (κ3) is 5.52. The van der Waals surface area contributed by atoms with Gasteiger partial charge in [-0.05, 0) is 53.9 Å². The molecular weight excluding hydrogens is 454 g/mol. The molecule has 0 aliphatic carbocycles. The minimum absolute atomic E-state index is 0.0764. The molecule has 8 heteroatoms. The number of nitrogens with zero attached hydrogens (tertiary/aromatic N) is 2. The van der Waals surface area contributed by atoms with Crippen LogP contribution in [0.15, 0.2) is 71.5 Å². The second-order valence-electron chi connectivity index (χ2n) is 6.60. The number of hydrogen-bond acceptors (Lipinski definition) is 5. The molecule has 0 saturated carbocycles. The van der Waals surface area contributed by atoms with Crippen molar-refractivity contribution >= 4 is 41.1 Å². The zero-order chi connectivity index (χ0) is 23.1. The molecule has 32 heavy (non-hydrogen) atoms. The Labute approximate surface area is 194 Å². The smallest absolute Gasteiger partial charge is 0.343 e. The van der Waals surface area contributed by atoms with Crippen LogP contribution in [0.4, 0.5) is 4.39 Å². The molecule has 1 N–H and O–H groups in total. The second kappa shape index (κ2) is 10.9. The number of ether oxygens (including phenoxy) is 1. The third-order valence-corrected chi connectivity index (χ3v) is 5.36. The highest BCUT2D eigenvalue weighted by atomic mass is 35.5. The van der Waals surface area contributed by atoms with Crippen molar-refractivity contribution in [3.63, 3.8) is 0 Å². The lowest BCUT2D eigenvalue weighted by Crippen LogP contribution is -2.12. The van der Waals surface area contributed by atoms with E-state index in [-0.39, 0.29) is 24.3 Å². The van der Waals surface area contributed by atoms with Crippen LogP contribution in [0.25, 0.3) is 16.9 Å². The average Bonchev–Trinajstić information content (AvgIpc) is 2.79. The molecule has 3 rings (SSSR count). The average molecular weight is 473 g/mol. The van der Waals surface area contributed by atoms with Crippen molar-refractivity contribution in [2.45, 2.75) is 13.5 Å². The normalized spacial score (nSPS) is 12.0. The fraction of sp³-hybridized carbons (Fsp3) is 0.125. The van der Waals surface area contributed by atoms with Gasteiger partial charge in [0.25, 0.3) is 0 Å². The Morgan fingerprint density at radius 2 is 1.91 bits per heavy atom.